The number of alkyl halides is 2. The van der Waals surface area contributed by atoms with Crippen LogP contribution in [0, 0.1) is 0 Å². The van der Waals surface area contributed by atoms with Crippen molar-refractivity contribution >= 4 is 12.4 Å². The van der Waals surface area contributed by atoms with Gasteiger partial charge >= 0.3 is 64.9 Å². The van der Waals surface area contributed by atoms with Gasteiger partial charge in [0, 0.05) is 12.4 Å². The van der Waals surface area contributed by atoms with E-state index in [0.717, 1.165) is 0 Å². The van der Waals surface area contributed by atoms with Gasteiger partial charge < -0.3 is 12.9 Å². The summed E-state index contributed by atoms with van der Waals surface area (Å²) in [5.74, 6) is 0. The number of aromatic nitrogens is 2. The minimum Gasteiger partial charge on any atom is -0.445 e. The normalized spacial score (nSPS) is 11.5. The smallest absolute Gasteiger partial charge is 0.445 e. The third-order valence-electron chi connectivity index (χ3n) is 1.20. The molecule has 1 aromatic heterocycles. The summed E-state index contributed by atoms with van der Waals surface area (Å²) in [4.78, 5) is 0. The maximum absolute atomic E-state index is 11.8. The van der Waals surface area contributed by atoms with Gasteiger partial charge in [0.25, 0.3) is 0 Å². The van der Waals surface area contributed by atoms with Crippen molar-refractivity contribution in [2.45, 2.75) is 6.55 Å². The Kier molecular flexibility index (Phi) is 5.08. The molecule has 0 saturated carbocycles. The van der Waals surface area contributed by atoms with Crippen LogP contribution in [-0.2, 0) is 0 Å². The van der Waals surface area contributed by atoms with Crippen LogP contribution < -0.4 is 56.8 Å². The van der Waals surface area contributed by atoms with Gasteiger partial charge in [0.2, 0.25) is 0 Å². The number of hydrogen-bond donors (Lipinski definition) is 0. The molecule has 0 aromatic carbocycles. The molecule has 0 saturated heterocycles. The summed E-state index contributed by atoms with van der Waals surface area (Å²) in [6.45, 7) is -8.26. The monoisotopic (exact) mass is 224 g/mol. The van der Waals surface area contributed by atoms with Gasteiger partial charge in [-0.05, 0) is 0 Å². The SMILES string of the molecule is FC(F)n1cc([B-](F)(F)F)cn1.[K+]. The molecule has 0 amide bonds. The van der Waals surface area contributed by atoms with Crippen LogP contribution in [0.4, 0.5) is 21.7 Å². The molecule has 68 valence electrons. The van der Waals surface area contributed by atoms with E-state index in [1.807, 2.05) is 0 Å². The van der Waals surface area contributed by atoms with Gasteiger partial charge in [-0.2, -0.15) is 13.9 Å². The van der Waals surface area contributed by atoms with Crippen LogP contribution >= 0.6 is 0 Å². The van der Waals surface area contributed by atoms with Gasteiger partial charge in [0.15, 0.2) is 0 Å². The fourth-order valence-corrected chi connectivity index (χ4v) is 0.629. The summed E-state index contributed by atoms with van der Waals surface area (Å²) in [6.07, 6.45) is 0.664. The molecule has 0 unspecified atom stereocenters. The second kappa shape index (κ2) is 4.87. The topological polar surface area (TPSA) is 17.8 Å². The van der Waals surface area contributed by atoms with Crippen molar-refractivity contribution < 1.29 is 73.1 Å². The number of rotatable bonds is 2. The minimum atomic E-state index is -5.23. The van der Waals surface area contributed by atoms with Crippen molar-refractivity contribution in [3.05, 3.63) is 12.4 Å². The second-order valence-corrected chi connectivity index (χ2v) is 2.11. The summed E-state index contributed by atoms with van der Waals surface area (Å²) in [7, 11) is 0. The van der Waals surface area contributed by atoms with Crippen LogP contribution in [-0.4, -0.2) is 16.8 Å². The first-order valence-electron chi connectivity index (χ1n) is 2.93. The number of halogens is 5. The quantitative estimate of drug-likeness (QED) is 0.434. The Bertz CT molecular complexity index is 272. The Morgan fingerprint density at radius 2 is 1.85 bits per heavy atom. The van der Waals surface area contributed by atoms with E-state index in [1.165, 1.54) is 0 Å². The summed E-state index contributed by atoms with van der Waals surface area (Å²) < 4.78 is 58.9. The van der Waals surface area contributed by atoms with E-state index in [4.69, 9.17) is 0 Å². The van der Waals surface area contributed by atoms with E-state index < -0.39 is 19.0 Å². The maximum atomic E-state index is 11.8. The van der Waals surface area contributed by atoms with Crippen LogP contribution in [0.2, 0.25) is 0 Å². The zero-order valence-corrected chi connectivity index (χ0v) is 9.72. The summed E-state index contributed by atoms with van der Waals surface area (Å²) >= 11 is 0. The molecule has 0 fully saturated rings. The molecule has 0 aliphatic heterocycles. The molecule has 9 heteroatoms. The molecule has 1 heterocycles. The Morgan fingerprint density at radius 3 is 2.08 bits per heavy atom. The Morgan fingerprint density at radius 1 is 1.31 bits per heavy atom. The predicted octanol–water partition coefficient (Wildman–Crippen LogP) is -1.66. The van der Waals surface area contributed by atoms with Gasteiger partial charge in [-0.25, -0.2) is 4.68 Å². The molecule has 2 nitrogen and oxygen atoms in total. The average Bonchev–Trinajstić information content (AvgIpc) is 2.30. The van der Waals surface area contributed by atoms with E-state index in [0.29, 0.717) is 6.20 Å². The first-order chi connectivity index (χ1) is 5.41. The third kappa shape index (κ3) is 3.66. The van der Waals surface area contributed by atoms with Crippen LogP contribution in [0.5, 0.6) is 0 Å². The van der Waals surface area contributed by atoms with Gasteiger partial charge in [-0.15, -0.1) is 0 Å². The molecular formula is C4H3BF5KN2. The molecule has 1 rings (SSSR count). The maximum Gasteiger partial charge on any atom is 1.00 e. The second-order valence-electron chi connectivity index (χ2n) is 2.11. The molecule has 1 aromatic rings. The van der Waals surface area contributed by atoms with Crippen LogP contribution in [0.25, 0.3) is 0 Å². The largest absolute Gasteiger partial charge is 1.00 e. The molecule has 0 aliphatic rings. The van der Waals surface area contributed by atoms with Crippen molar-refractivity contribution in [2.24, 2.45) is 0 Å². The van der Waals surface area contributed by atoms with Gasteiger partial charge in [0.1, 0.15) is 0 Å². The van der Waals surface area contributed by atoms with Gasteiger partial charge in [-0.3, -0.25) is 0 Å². The summed E-state index contributed by atoms with van der Waals surface area (Å²) in [5, 5.41) is 2.84. The first-order valence-corrected chi connectivity index (χ1v) is 2.93. The van der Waals surface area contributed by atoms with E-state index in [-0.39, 0.29) is 62.3 Å². The van der Waals surface area contributed by atoms with Gasteiger partial charge in [0.05, 0.1) is 0 Å². The van der Waals surface area contributed by atoms with E-state index in [1.54, 1.807) is 0 Å². The van der Waals surface area contributed by atoms with E-state index in [9.17, 15) is 21.7 Å². The molecule has 0 bridgehead atoms. The first kappa shape index (κ1) is 13.6. The van der Waals surface area contributed by atoms with Crippen LogP contribution in [0.1, 0.15) is 6.55 Å². The summed E-state index contributed by atoms with van der Waals surface area (Å²) in [5.41, 5.74) is -1.12. The van der Waals surface area contributed by atoms with Crippen LogP contribution in [0.15, 0.2) is 12.4 Å². The standard InChI is InChI=1S/C4H3BF5N2.K/c6-4(7)12-2-3(1-11-12)5(8,9)10;/h1-2,4H;/q-1;+1. The van der Waals surface area contributed by atoms with Crippen molar-refractivity contribution in [3.63, 3.8) is 0 Å². The fraction of sp³-hybridized carbons (Fsp3) is 0.250. The van der Waals surface area contributed by atoms with Crippen molar-refractivity contribution in [3.8, 4) is 0 Å². The van der Waals surface area contributed by atoms with Gasteiger partial charge in [-0.1, -0.05) is 5.46 Å². The molecule has 0 N–H and O–H groups in total. The van der Waals surface area contributed by atoms with Crippen molar-refractivity contribution in [1.29, 1.82) is 0 Å². The molecular weight excluding hydrogens is 221 g/mol. The predicted molar refractivity (Wildman–Crippen MR) is 32.2 cm³/mol. The Labute approximate surface area is 113 Å². The van der Waals surface area contributed by atoms with Crippen molar-refractivity contribution in [2.75, 3.05) is 0 Å². The van der Waals surface area contributed by atoms with Crippen LogP contribution in [0.3, 0.4) is 0 Å². The third-order valence-corrected chi connectivity index (χ3v) is 1.20. The zero-order valence-electron chi connectivity index (χ0n) is 6.59. The number of nitrogens with zero attached hydrogens (tertiary/aromatic N) is 2. The average molecular weight is 224 g/mol. The van der Waals surface area contributed by atoms with Crippen molar-refractivity contribution in [1.82, 2.24) is 9.78 Å². The Balaban J connectivity index is 0.00000144. The molecule has 13 heavy (non-hydrogen) atoms. The van der Waals surface area contributed by atoms with E-state index in [2.05, 4.69) is 5.10 Å². The molecule has 0 atom stereocenters. The molecule has 0 radical (unpaired) electrons. The zero-order chi connectivity index (χ0) is 9.35. The molecule has 0 aliphatic carbocycles. The Hall–Kier alpha value is 0.561. The fourth-order valence-electron chi connectivity index (χ4n) is 0.629. The minimum absolute atomic E-state index is 0. The number of hydrogen-bond acceptors (Lipinski definition) is 1. The molecule has 0 spiro atoms. The summed E-state index contributed by atoms with van der Waals surface area (Å²) in [6, 6.07) is 0. The van der Waals surface area contributed by atoms with E-state index >= 15 is 0 Å².